The lowest BCUT2D eigenvalue weighted by molar-refractivity contribution is -0.126. The minimum absolute atomic E-state index is 0.00464. The van der Waals surface area contributed by atoms with Crippen molar-refractivity contribution < 1.29 is 9.21 Å². The van der Waals surface area contributed by atoms with Gasteiger partial charge in [-0.25, -0.2) is 0 Å². The maximum absolute atomic E-state index is 12.2. The molecule has 114 valence electrons. The minimum Gasteiger partial charge on any atom is -0.419 e. The zero-order chi connectivity index (χ0) is 15.7. The van der Waals surface area contributed by atoms with E-state index < -0.39 is 0 Å². The number of thiocarbonyl (C=S) groups is 1. The van der Waals surface area contributed by atoms with Gasteiger partial charge in [-0.3, -0.25) is 9.69 Å². The molecule has 1 aromatic heterocycles. The van der Waals surface area contributed by atoms with Gasteiger partial charge in [0.25, 0.3) is 0 Å². The van der Waals surface area contributed by atoms with E-state index in [0.29, 0.717) is 26.7 Å². The molecular weight excluding hydrogens is 342 g/mol. The number of hydrogen-bond donors (Lipinski definition) is 0. The summed E-state index contributed by atoms with van der Waals surface area (Å²) < 4.78 is 6.16. The highest BCUT2D eigenvalue weighted by Crippen LogP contribution is 2.31. The molecule has 0 saturated carbocycles. The Morgan fingerprint density at radius 1 is 1.41 bits per heavy atom. The van der Waals surface area contributed by atoms with Crippen LogP contribution in [0.1, 0.15) is 19.2 Å². The maximum Gasteiger partial charge on any atom is 0.249 e. The Morgan fingerprint density at radius 2 is 2.18 bits per heavy atom. The molecule has 3 rings (SSSR count). The third-order valence-electron chi connectivity index (χ3n) is 3.24. The van der Waals surface area contributed by atoms with E-state index >= 15 is 0 Å². The van der Waals surface area contributed by atoms with Crippen molar-refractivity contribution in [3.63, 3.8) is 0 Å². The molecule has 1 aromatic carbocycles. The summed E-state index contributed by atoms with van der Waals surface area (Å²) in [5.74, 6) is 0.663. The number of hydrogen-bond acceptors (Lipinski definition) is 6. The molecule has 0 bridgehead atoms. The Balaban J connectivity index is 1.79. The van der Waals surface area contributed by atoms with Crippen LogP contribution in [-0.2, 0) is 11.3 Å². The molecule has 0 N–H and O–H groups in total. The average molecular weight is 354 g/mol. The van der Waals surface area contributed by atoms with Crippen LogP contribution in [0.25, 0.3) is 11.5 Å². The van der Waals surface area contributed by atoms with Gasteiger partial charge in [0.15, 0.2) is 0 Å². The fourth-order valence-corrected chi connectivity index (χ4v) is 3.74. The van der Waals surface area contributed by atoms with Crippen molar-refractivity contribution in [3.05, 3.63) is 35.2 Å². The maximum atomic E-state index is 12.2. The van der Waals surface area contributed by atoms with E-state index in [0.717, 1.165) is 6.42 Å². The molecular formula is C14H12ClN3O2S2. The van der Waals surface area contributed by atoms with Crippen molar-refractivity contribution in [2.24, 2.45) is 0 Å². The van der Waals surface area contributed by atoms with E-state index in [9.17, 15) is 4.79 Å². The number of thioether (sulfide) groups is 1. The van der Waals surface area contributed by atoms with Gasteiger partial charge >= 0.3 is 0 Å². The Bertz CT molecular complexity index is 734. The molecule has 2 aromatic rings. The summed E-state index contributed by atoms with van der Waals surface area (Å²) in [4.78, 5) is 13.7. The van der Waals surface area contributed by atoms with Crippen LogP contribution in [0.2, 0.25) is 5.02 Å². The molecule has 1 saturated heterocycles. The summed E-state index contributed by atoms with van der Waals surface area (Å²) in [6.07, 6.45) is 0.745. The summed E-state index contributed by atoms with van der Waals surface area (Å²) in [6.45, 7) is 2.16. The Kier molecular flexibility index (Phi) is 4.46. The highest BCUT2D eigenvalue weighted by molar-refractivity contribution is 8.24. The molecule has 2 heterocycles. The Hall–Kier alpha value is -1.44. The summed E-state index contributed by atoms with van der Waals surface area (Å²) in [5, 5.41) is 8.39. The molecule has 8 heteroatoms. The summed E-state index contributed by atoms with van der Waals surface area (Å²) in [7, 11) is 0. The number of carbonyl (C=O) groups is 1. The van der Waals surface area contributed by atoms with Gasteiger partial charge < -0.3 is 4.42 Å². The minimum atomic E-state index is -0.113. The highest BCUT2D eigenvalue weighted by Gasteiger charge is 2.36. The number of aromatic nitrogens is 2. The van der Waals surface area contributed by atoms with Crippen LogP contribution in [0.5, 0.6) is 0 Å². The zero-order valence-corrected chi connectivity index (χ0v) is 14.0. The van der Waals surface area contributed by atoms with Crippen LogP contribution >= 0.6 is 35.6 Å². The van der Waals surface area contributed by atoms with Crippen molar-refractivity contribution in [1.29, 1.82) is 0 Å². The molecule has 0 radical (unpaired) electrons. The van der Waals surface area contributed by atoms with Gasteiger partial charge in [-0.05, 0) is 18.6 Å². The van der Waals surface area contributed by atoms with Crippen molar-refractivity contribution in [2.45, 2.75) is 25.1 Å². The molecule has 1 unspecified atom stereocenters. The van der Waals surface area contributed by atoms with Gasteiger partial charge in [-0.2, -0.15) is 0 Å². The van der Waals surface area contributed by atoms with Crippen molar-refractivity contribution in [2.75, 3.05) is 0 Å². The van der Waals surface area contributed by atoms with Crippen molar-refractivity contribution in [1.82, 2.24) is 15.1 Å². The molecule has 0 aliphatic carbocycles. The molecule has 0 spiro atoms. The van der Waals surface area contributed by atoms with Crippen LogP contribution in [0.3, 0.4) is 0 Å². The van der Waals surface area contributed by atoms with Crippen LogP contribution in [0, 0.1) is 0 Å². The van der Waals surface area contributed by atoms with Crippen LogP contribution in [0.15, 0.2) is 28.7 Å². The molecule has 1 atom stereocenters. The topological polar surface area (TPSA) is 59.2 Å². The lowest BCUT2D eigenvalue weighted by atomic mass is 10.2. The fraction of sp³-hybridized carbons (Fsp3) is 0.286. The lowest BCUT2D eigenvalue weighted by Gasteiger charge is -2.12. The first-order valence-electron chi connectivity index (χ1n) is 6.69. The first kappa shape index (κ1) is 15.5. The monoisotopic (exact) mass is 353 g/mol. The van der Waals surface area contributed by atoms with E-state index in [1.165, 1.54) is 16.7 Å². The van der Waals surface area contributed by atoms with E-state index in [1.54, 1.807) is 12.1 Å². The number of halogens is 1. The van der Waals surface area contributed by atoms with Gasteiger partial charge in [0.05, 0.1) is 15.8 Å². The fourth-order valence-electron chi connectivity index (χ4n) is 2.10. The molecule has 5 nitrogen and oxygen atoms in total. The lowest BCUT2D eigenvalue weighted by Crippen LogP contribution is -2.30. The van der Waals surface area contributed by atoms with E-state index in [4.69, 9.17) is 28.2 Å². The molecule has 1 fully saturated rings. The Labute approximate surface area is 142 Å². The van der Waals surface area contributed by atoms with Gasteiger partial charge in [0.1, 0.15) is 10.9 Å². The van der Waals surface area contributed by atoms with Gasteiger partial charge in [0, 0.05) is 0 Å². The second-order valence-electron chi connectivity index (χ2n) is 4.69. The second-order valence-corrected chi connectivity index (χ2v) is 6.93. The third-order valence-corrected chi connectivity index (χ3v) is 5.32. The summed E-state index contributed by atoms with van der Waals surface area (Å²) in [5.41, 5.74) is 0.666. The number of rotatable bonds is 4. The van der Waals surface area contributed by atoms with Crippen molar-refractivity contribution in [3.8, 4) is 11.5 Å². The molecule has 1 amide bonds. The molecule has 1 aliphatic heterocycles. The molecule has 22 heavy (non-hydrogen) atoms. The largest absolute Gasteiger partial charge is 0.419 e. The standard InChI is InChI=1S/C14H12ClN3O2S2/c1-2-10-13(19)18(14(21)22-10)7-11-16-17-12(20-11)8-5-3-4-6-9(8)15/h3-6,10H,2,7H2,1H3. The predicted octanol–water partition coefficient (Wildman–Crippen LogP) is 3.53. The van der Waals surface area contributed by atoms with Crippen LogP contribution in [-0.4, -0.2) is 30.6 Å². The number of amides is 1. The van der Waals surface area contributed by atoms with Gasteiger partial charge in [-0.1, -0.05) is 54.6 Å². The van der Waals surface area contributed by atoms with E-state index in [2.05, 4.69) is 10.2 Å². The van der Waals surface area contributed by atoms with Gasteiger partial charge in [0.2, 0.25) is 17.7 Å². The third kappa shape index (κ3) is 2.88. The first-order chi connectivity index (χ1) is 10.6. The smallest absolute Gasteiger partial charge is 0.249 e. The quantitative estimate of drug-likeness (QED) is 0.784. The SMILES string of the molecule is CCC1SC(=S)N(Cc2nnc(-c3ccccc3Cl)o2)C1=O. The first-order valence-corrected chi connectivity index (χ1v) is 8.36. The van der Waals surface area contributed by atoms with Crippen LogP contribution in [0.4, 0.5) is 0 Å². The normalized spacial score (nSPS) is 18.3. The summed E-state index contributed by atoms with van der Waals surface area (Å²) >= 11 is 12.7. The van der Waals surface area contributed by atoms with E-state index in [-0.39, 0.29) is 17.7 Å². The number of benzene rings is 1. The second kappa shape index (κ2) is 6.36. The van der Waals surface area contributed by atoms with Crippen LogP contribution < -0.4 is 0 Å². The number of carbonyl (C=O) groups excluding carboxylic acids is 1. The molecule has 1 aliphatic rings. The van der Waals surface area contributed by atoms with E-state index in [1.807, 2.05) is 19.1 Å². The Morgan fingerprint density at radius 3 is 2.86 bits per heavy atom. The predicted molar refractivity (Wildman–Crippen MR) is 89.6 cm³/mol. The van der Waals surface area contributed by atoms with Gasteiger partial charge in [-0.15, -0.1) is 10.2 Å². The van der Waals surface area contributed by atoms with Crippen molar-refractivity contribution >= 4 is 45.8 Å². The highest BCUT2D eigenvalue weighted by atomic mass is 35.5. The summed E-state index contributed by atoms with van der Waals surface area (Å²) in [6, 6.07) is 7.22. The zero-order valence-electron chi connectivity index (χ0n) is 11.7. The number of nitrogens with zero attached hydrogens (tertiary/aromatic N) is 3. The average Bonchev–Trinajstić information content (AvgIpc) is 3.07.